The highest BCUT2D eigenvalue weighted by Crippen LogP contribution is 2.16. The highest BCUT2D eigenvalue weighted by atomic mass is 35.5. The predicted octanol–water partition coefficient (Wildman–Crippen LogP) is 2.83. The van der Waals surface area contributed by atoms with Crippen molar-refractivity contribution < 1.29 is 14.3 Å². The zero-order chi connectivity index (χ0) is 17.5. The molecular weight excluding hydrogens is 328 g/mol. The van der Waals surface area contributed by atoms with Gasteiger partial charge < -0.3 is 14.5 Å². The zero-order valence-electron chi connectivity index (χ0n) is 14.3. The molecule has 0 spiro atoms. The third-order valence-electron chi connectivity index (χ3n) is 4.45. The van der Waals surface area contributed by atoms with Crippen LogP contribution in [0.3, 0.4) is 0 Å². The smallest absolute Gasteiger partial charge is 0.260 e. The fraction of sp³-hybridized carbons (Fsp3) is 0.556. The van der Waals surface area contributed by atoms with Crippen molar-refractivity contribution in [3.63, 3.8) is 0 Å². The van der Waals surface area contributed by atoms with Gasteiger partial charge in [0.25, 0.3) is 5.91 Å². The largest absolute Gasteiger partial charge is 0.484 e. The molecule has 5 nitrogen and oxygen atoms in total. The van der Waals surface area contributed by atoms with Gasteiger partial charge in [0, 0.05) is 37.1 Å². The SMILES string of the molecule is CCC(CC)C(=O)N1CCN(C(=O)COc2ccc(Cl)cc2)CC1. The Bertz CT molecular complexity index is 550. The summed E-state index contributed by atoms with van der Waals surface area (Å²) in [5, 5.41) is 0.631. The molecule has 1 aliphatic rings. The molecule has 1 aromatic carbocycles. The van der Waals surface area contributed by atoms with E-state index < -0.39 is 0 Å². The lowest BCUT2D eigenvalue weighted by molar-refractivity contribution is -0.143. The number of carbonyl (C=O) groups excluding carboxylic acids is 2. The van der Waals surface area contributed by atoms with E-state index >= 15 is 0 Å². The van der Waals surface area contributed by atoms with Gasteiger partial charge >= 0.3 is 0 Å². The number of hydrogen-bond donors (Lipinski definition) is 0. The Balaban J connectivity index is 1.78. The fourth-order valence-electron chi connectivity index (χ4n) is 2.84. The number of amides is 2. The van der Waals surface area contributed by atoms with Gasteiger partial charge in [-0.25, -0.2) is 0 Å². The van der Waals surface area contributed by atoms with Crippen molar-refractivity contribution in [1.82, 2.24) is 9.80 Å². The van der Waals surface area contributed by atoms with E-state index in [0.717, 1.165) is 12.8 Å². The first-order valence-electron chi connectivity index (χ1n) is 8.50. The van der Waals surface area contributed by atoms with Crippen molar-refractivity contribution in [1.29, 1.82) is 0 Å². The molecule has 0 saturated carbocycles. The number of benzene rings is 1. The van der Waals surface area contributed by atoms with E-state index in [1.54, 1.807) is 29.2 Å². The molecule has 0 radical (unpaired) electrons. The van der Waals surface area contributed by atoms with Crippen molar-refractivity contribution in [3.05, 3.63) is 29.3 Å². The van der Waals surface area contributed by atoms with Gasteiger partial charge in [-0.3, -0.25) is 9.59 Å². The molecule has 0 bridgehead atoms. The second-order valence-corrected chi connectivity index (χ2v) is 6.40. The molecule has 0 aliphatic carbocycles. The van der Waals surface area contributed by atoms with Crippen molar-refractivity contribution in [2.75, 3.05) is 32.8 Å². The Kier molecular flexibility index (Phi) is 6.91. The van der Waals surface area contributed by atoms with Gasteiger partial charge in [0.15, 0.2) is 6.61 Å². The van der Waals surface area contributed by atoms with E-state index in [1.165, 1.54) is 0 Å². The molecule has 6 heteroatoms. The lowest BCUT2D eigenvalue weighted by Crippen LogP contribution is -2.52. The van der Waals surface area contributed by atoms with Crippen molar-refractivity contribution in [2.24, 2.45) is 5.92 Å². The van der Waals surface area contributed by atoms with Crippen LogP contribution < -0.4 is 4.74 Å². The first-order chi connectivity index (χ1) is 11.5. The molecule has 1 fully saturated rings. The highest BCUT2D eigenvalue weighted by Gasteiger charge is 2.27. The molecule has 24 heavy (non-hydrogen) atoms. The molecule has 2 rings (SSSR count). The lowest BCUT2D eigenvalue weighted by Gasteiger charge is -2.36. The summed E-state index contributed by atoms with van der Waals surface area (Å²) >= 11 is 5.82. The third-order valence-corrected chi connectivity index (χ3v) is 4.71. The molecule has 0 unspecified atom stereocenters. The van der Waals surface area contributed by atoms with Crippen LogP contribution >= 0.6 is 11.6 Å². The lowest BCUT2D eigenvalue weighted by atomic mass is 10.0. The van der Waals surface area contributed by atoms with Crippen LogP contribution in [0.2, 0.25) is 5.02 Å². The zero-order valence-corrected chi connectivity index (χ0v) is 15.1. The number of nitrogens with zero attached hydrogens (tertiary/aromatic N) is 2. The van der Waals surface area contributed by atoms with Crippen molar-refractivity contribution in [3.8, 4) is 5.75 Å². The molecule has 1 saturated heterocycles. The molecule has 0 aromatic heterocycles. The summed E-state index contributed by atoms with van der Waals surface area (Å²) in [6, 6.07) is 6.93. The summed E-state index contributed by atoms with van der Waals surface area (Å²) in [6.07, 6.45) is 1.73. The Morgan fingerprint density at radius 1 is 1.04 bits per heavy atom. The van der Waals surface area contributed by atoms with Gasteiger partial charge in [-0.05, 0) is 37.1 Å². The van der Waals surface area contributed by atoms with E-state index in [1.807, 2.05) is 18.7 Å². The van der Waals surface area contributed by atoms with Gasteiger partial charge in [-0.2, -0.15) is 0 Å². The molecule has 1 heterocycles. The van der Waals surface area contributed by atoms with Crippen LogP contribution in [0.5, 0.6) is 5.75 Å². The first-order valence-corrected chi connectivity index (χ1v) is 8.87. The number of carbonyl (C=O) groups is 2. The van der Waals surface area contributed by atoms with Gasteiger partial charge in [0.1, 0.15) is 5.75 Å². The second kappa shape index (κ2) is 8.92. The maximum absolute atomic E-state index is 12.4. The van der Waals surface area contributed by atoms with Crippen LogP contribution in [0.25, 0.3) is 0 Å². The summed E-state index contributed by atoms with van der Waals surface area (Å²) in [5.41, 5.74) is 0. The number of halogens is 1. The molecule has 1 aromatic rings. The van der Waals surface area contributed by atoms with Crippen LogP contribution in [0.1, 0.15) is 26.7 Å². The molecular formula is C18H25ClN2O3. The Morgan fingerprint density at radius 2 is 1.58 bits per heavy atom. The van der Waals surface area contributed by atoms with Crippen LogP contribution in [0.4, 0.5) is 0 Å². The highest BCUT2D eigenvalue weighted by molar-refractivity contribution is 6.30. The molecule has 2 amide bonds. The average Bonchev–Trinajstić information content (AvgIpc) is 2.62. The van der Waals surface area contributed by atoms with Gasteiger partial charge in [-0.15, -0.1) is 0 Å². The van der Waals surface area contributed by atoms with Crippen LogP contribution in [-0.2, 0) is 9.59 Å². The minimum atomic E-state index is -0.0559. The van der Waals surface area contributed by atoms with Crippen LogP contribution in [-0.4, -0.2) is 54.4 Å². The van der Waals surface area contributed by atoms with E-state index in [2.05, 4.69) is 0 Å². The summed E-state index contributed by atoms with van der Waals surface area (Å²) in [6.45, 7) is 6.41. The van der Waals surface area contributed by atoms with Crippen LogP contribution in [0.15, 0.2) is 24.3 Å². The maximum atomic E-state index is 12.4. The van der Waals surface area contributed by atoms with Gasteiger partial charge in [0.05, 0.1) is 0 Å². The maximum Gasteiger partial charge on any atom is 0.260 e. The normalized spacial score (nSPS) is 14.8. The van der Waals surface area contributed by atoms with E-state index in [0.29, 0.717) is 37.0 Å². The second-order valence-electron chi connectivity index (χ2n) is 5.96. The Morgan fingerprint density at radius 3 is 2.12 bits per heavy atom. The van der Waals surface area contributed by atoms with Gasteiger partial charge in [0.2, 0.25) is 5.91 Å². The number of rotatable bonds is 6. The summed E-state index contributed by atoms with van der Waals surface area (Å²) in [4.78, 5) is 28.2. The monoisotopic (exact) mass is 352 g/mol. The molecule has 0 atom stereocenters. The third kappa shape index (κ3) is 4.87. The van der Waals surface area contributed by atoms with E-state index in [4.69, 9.17) is 16.3 Å². The molecule has 132 valence electrons. The minimum absolute atomic E-state index is 0.00211. The van der Waals surface area contributed by atoms with Crippen molar-refractivity contribution >= 4 is 23.4 Å². The van der Waals surface area contributed by atoms with Crippen molar-refractivity contribution in [2.45, 2.75) is 26.7 Å². The van der Waals surface area contributed by atoms with E-state index in [9.17, 15) is 9.59 Å². The standard InChI is InChI=1S/C18H25ClN2O3/c1-3-14(4-2)18(23)21-11-9-20(10-12-21)17(22)13-24-16-7-5-15(19)6-8-16/h5-8,14H,3-4,9-13H2,1-2H3. The minimum Gasteiger partial charge on any atom is -0.484 e. The number of hydrogen-bond acceptors (Lipinski definition) is 3. The van der Waals surface area contributed by atoms with E-state index in [-0.39, 0.29) is 24.3 Å². The van der Waals surface area contributed by atoms with Crippen LogP contribution in [0, 0.1) is 5.92 Å². The topological polar surface area (TPSA) is 49.9 Å². The number of ether oxygens (including phenoxy) is 1. The Labute approximate surface area is 148 Å². The first kappa shape index (κ1) is 18.6. The molecule has 1 aliphatic heterocycles. The summed E-state index contributed by atoms with van der Waals surface area (Å²) in [7, 11) is 0. The summed E-state index contributed by atoms with van der Waals surface area (Å²) < 4.78 is 5.49. The Hall–Kier alpha value is -1.75. The average molecular weight is 353 g/mol. The quantitative estimate of drug-likeness (QED) is 0.791. The van der Waals surface area contributed by atoms with Gasteiger partial charge in [-0.1, -0.05) is 25.4 Å². The summed E-state index contributed by atoms with van der Waals surface area (Å²) in [5.74, 6) is 0.875. The fourth-order valence-corrected chi connectivity index (χ4v) is 2.97. The number of piperazine rings is 1. The predicted molar refractivity (Wildman–Crippen MR) is 94.2 cm³/mol. The molecule has 0 N–H and O–H groups in total.